The van der Waals surface area contributed by atoms with E-state index in [2.05, 4.69) is 37.0 Å². The fraction of sp³-hybridized carbons (Fsp3) is 0.286. The summed E-state index contributed by atoms with van der Waals surface area (Å²) in [4.78, 5) is 4.52. The molecule has 2 rings (SSSR count). The molecule has 1 aliphatic rings. The van der Waals surface area contributed by atoms with E-state index >= 15 is 0 Å². The van der Waals surface area contributed by atoms with E-state index in [1.54, 1.807) is 18.2 Å². The van der Waals surface area contributed by atoms with Gasteiger partial charge in [0.15, 0.2) is 0 Å². The second-order valence-corrected chi connectivity index (χ2v) is 6.33. The highest BCUT2D eigenvalue weighted by Gasteiger charge is 2.23. The van der Waals surface area contributed by atoms with Crippen LogP contribution >= 0.6 is 0 Å². The number of phenolic OH excluding ortho intramolecular Hbond substituents is 1. The second-order valence-electron chi connectivity index (χ2n) is 6.33. The molecule has 0 bridgehead atoms. The predicted molar refractivity (Wildman–Crippen MR) is 104 cm³/mol. The van der Waals surface area contributed by atoms with Gasteiger partial charge < -0.3 is 10.4 Å². The summed E-state index contributed by atoms with van der Waals surface area (Å²) >= 11 is 0. The van der Waals surface area contributed by atoms with Crippen molar-refractivity contribution < 1.29 is 5.11 Å². The van der Waals surface area contributed by atoms with E-state index in [-0.39, 0.29) is 5.75 Å². The van der Waals surface area contributed by atoms with Crippen LogP contribution in [0.2, 0.25) is 0 Å². The standard InChI is InChI=1S/C21H26N2O/c1-6-17(12-22-15(4)18-7-8-18)13-23-16(5)20-9-19(14(2)3)10-21(24)11-20/h6,9-12,18,23-24H,1-2,5,7-8,13H2,3-4H3/b17-12+,22-15+. The molecule has 3 heteroatoms. The number of hydrogen-bond donors (Lipinski definition) is 2. The summed E-state index contributed by atoms with van der Waals surface area (Å²) in [5.74, 6) is 0.876. The number of phenols is 1. The number of rotatable bonds is 8. The van der Waals surface area contributed by atoms with Gasteiger partial charge in [-0.2, -0.15) is 0 Å². The minimum absolute atomic E-state index is 0.206. The molecule has 2 N–H and O–H groups in total. The van der Waals surface area contributed by atoms with Gasteiger partial charge in [-0.1, -0.05) is 31.4 Å². The first-order valence-electron chi connectivity index (χ1n) is 8.19. The summed E-state index contributed by atoms with van der Waals surface area (Å²) < 4.78 is 0. The molecule has 0 heterocycles. The Bertz CT molecular complexity index is 721. The van der Waals surface area contributed by atoms with Gasteiger partial charge in [-0.25, -0.2) is 0 Å². The zero-order valence-electron chi connectivity index (χ0n) is 14.6. The van der Waals surface area contributed by atoms with Gasteiger partial charge in [-0.15, -0.1) is 0 Å². The van der Waals surface area contributed by atoms with Gasteiger partial charge in [0.1, 0.15) is 5.75 Å². The lowest BCUT2D eigenvalue weighted by Gasteiger charge is -2.12. The van der Waals surface area contributed by atoms with Crippen molar-refractivity contribution in [1.82, 2.24) is 5.32 Å². The smallest absolute Gasteiger partial charge is 0.116 e. The zero-order chi connectivity index (χ0) is 17.7. The quantitative estimate of drug-likeness (QED) is 0.527. The molecule has 0 radical (unpaired) electrons. The molecule has 0 unspecified atom stereocenters. The van der Waals surface area contributed by atoms with E-state index in [9.17, 15) is 5.11 Å². The van der Waals surface area contributed by atoms with Crippen LogP contribution in [0, 0.1) is 5.92 Å². The number of aliphatic imine (C=N–C) groups is 1. The summed E-state index contributed by atoms with van der Waals surface area (Å²) in [5, 5.41) is 13.1. The fourth-order valence-corrected chi connectivity index (χ4v) is 2.30. The maximum atomic E-state index is 9.86. The molecule has 126 valence electrons. The van der Waals surface area contributed by atoms with Gasteiger partial charge in [0.25, 0.3) is 0 Å². The third-order valence-corrected chi connectivity index (χ3v) is 4.13. The molecule has 3 nitrogen and oxygen atoms in total. The number of aromatic hydroxyl groups is 1. The molecule has 0 aromatic heterocycles. The SMILES string of the molecule is C=C/C(=C\N=C(/C)C1CC1)CNC(=C)c1cc(O)cc(C(=C)C)c1. The molecule has 1 saturated carbocycles. The van der Waals surface area contributed by atoms with Crippen LogP contribution in [0.15, 0.2) is 60.8 Å². The topological polar surface area (TPSA) is 44.6 Å². The Morgan fingerprint density at radius 1 is 1.25 bits per heavy atom. The van der Waals surface area contributed by atoms with Crippen molar-refractivity contribution in [3.8, 4) is 5.75 Å². The Labute approximate surface area is 144 Å². The molecule has 0 atom stereocenters. The lowest BCUT2D eigenvalue weighted by Crippen LogP contribution is -2.14. The number of nitrogens with zero attached hydrogens (tertiary/aromatic N) is 1. The second kappa shape index (κ2) is 7.82. The number of nitrogens with one attached hydrogen (secondary N) is 1. The monoisotopic (exact) mass is 322 g/mol. The molecule has 24 heavy (non-hydrogen) atoms. The van der Waals surface area contributed by atoms with Gasteiger partial charge in [-0.3, -0.25) is 4.99 Å². The molecule has 1 aromatic carbocycles. The molecule has 0 aliphatic heterocycles. The number of hydrogen-bond acceptors (Lipinski definition) is 3. The van der Waals surface area contributed by atoms with Crippen LogP contribution in [-0.2, 0) is 0 Å². The Morgan fingerprint density at radius 2 is 1.92 bits per heavy atom. The summed E-state index contributed by atoms with van der Waals surface area (Å²) in [7, 11) is 0. The third kappa shape index (κ3) is 4.98. The average Bonchev–Trinajstić information content (AvgIpc) is 3.38. The van der Waals surface area contributed by atoms with Crippen molar-refractivity contribution in [3.05, 3.63) is 66.9 Å². The lowest BCUT2D eigenvalue weighted by atomic mass is 10.0. The van der Waals surface area contributed by atoms with Crippen molar-refractivity contribution >= 4 is 17.0 Å². The van der Waals surface area contributed by atoms with Gasteiger partial charge in [-0.05, 0) is 61.9 Å². The van der Waals surface area contributed by atoms with Gasteiger partial charge in [0.2, 0.25) is 0 Å². The molecular weight excluding hydrogens is 296 g/mol. The Morgan fingerprint density at radius 3 is 2.50 bits per heavy atom. The van der Waals surface area contributed by atoms with Crippen LogP contribution in [-0.4, -0.2) is 17.4 Å². The Kier molecular flexibility index (Phi) is 5.80. The molecule has 0 amide bonds. The first kappa shape index (κ1) is 17.8. The van der Waals surface area contributed by atoms with Gasteiger partial charge in [0, 0.05) is 29.7 Å². The van der Waals surface area contributed by atoms with Crippen LogP contribution in [0.4, 0.5) is 0 Å². The van der Waals surface area contributed by atoms with Crippen molar-refractivity contribution in [1.29, 1.82) is 0 Å². The molecule has 1 aliphatic carbocycles. The summed E-state index contributed by atoms with van der Waals surface area (Å²) in [6.07, 6.45) is 6.17. The van der Waals surface area contributed by atoms with Gasteiger partial charge >= 0.3 is 0 Å². The maximum absolute atomic E-state index is 9.86. The molecule has 0 saturated heterocycles. The Balaban J connectivity index is 2.03. The molecule has 0 spiro atoms. The molecule has 1 aromatic rings. The fourth-order valence-electron chi connectivity index (χ4n) is 2.30. The third-order valence-electron chi connectivity index (χ3n) is 4.13. The minimum atomic E-state index is 0.206. The first-order chi connectivity index (χ1) is 11.4. The highest BCUT2D eigenvalue weighted by atomic mass is 16.3. The van der Waals surface area contributed by atoms with Crippen LogP contribution in [0.25, 0.3) is 11.3 Å². The first-order valence-corrected chi connectivity index (χ1v) is 8.19. The minimum Gasteiger partial charge on any atom is -0.508 e. The van der Waals surface area contributed by atoms with E-state index in [4.69, 9.17) is 0 Å². The van der Waals surface area contributed by atoms with E-state index in [0.717, 1.165) is 28.0 Å². The van der Waals surface area contributed by atoms with E-state index in [1.165, 1.54) is 18.6 Å². The normalized spacial score (nSPS) is 15.1. The summed E-state index contributed by atoms with van der Waals surface area (Å²) in [6, 6.07) is 5.35. The Hall–Kier alpha value is -2.55. The maximum Gasteiger partial charge on any atom is 0.116 e. The largest absolute Gasteiger partial charge is 0.508 e. The van der Waals surface area contributed by atoms with Crippen molar-refractivity contribution in [2.75, 3.05) is 6.54 Å². The van der Waals surface area contributed by atoms with Crippen molar-refractivity contribution in [2.24, 2.45) is 10.9 Å². The van der Waals surface area contributed by atoms with Crippen LogP contribution in [0.5, 0.6) is 5.75 Å². The highest BCUT2D eigenvalue weighted by Crippen LogP contribution is 2.30. The zero-order valence-corrected chi connectivity index (χ0v) is 14.6. The van der Waals surface area contributed by atoms with Crippen LogP contribution < -0.4 is 5.32 Å². The van der Waals surface area contributed by atoms with Crippen LogP contribution in [0.3, 0.4) is 0 Å². The number of benzene rings is 1. The predicted octanol–water partition coefficient (Wildman–Crippen LogP) is 4.93. The van der Waals surface area contributed by atoms with Gasteiger partial charge in [0.05, 0.1) is 0 Å². The number of allylic oxidation sites excluding steroid dienone is 1. The molecule has 1 fully saturated rings. The van der Waals surface area contributed by atoms with Crippen LogP contribution in [0.1, 0.15) is 37.8 Å². The van der Waals surface area contributed by atoms with Crippen molar-refractivity contribution in [2.45, 2.75) is 26.7 Å². The highest BCUT2D eigenvalue weighted by molar-refractivity contribution is 5.86. The lowest BCUT2D eigenvalue weighted by molar-refractivity contribution is 0.475. The summed E-state index contributed by atoms with van der Waals surface area (Å²) in [6.45, 7) is 16.4. The van der Waals surface area contributed by atoms with E-state index in [0.29, 0.717) is 12.5 Å². The molecular formula is C21H26N2O. The average molecular weight is 322 g/mol. The van der Waals surface area contributed by atoms with Crippen molar-refractivity contribution in [3.63, 3.8) is 0 Å². The summed E-state index contributed by atoms with van der Waals surface area (Å²) in [5.41, 5.74) is 5.57. The van der Waals surface area contributed by atoms with E-state index < -0.39 is 0 Å². The van der Waals surface area contributed by atoms with E-state index in [1.807, 2.05) is 19.2 Å².